The van der Waals surface area contributed by atoms with Gasteiger partial charge in [0.2, 0.25) is 5.91 Å². The molecule has 0 spiro atoms. The number of fused-ring (bicyclic) bond motifs is 1. The summed E-state index contributed by atoms with van der Waals surface area (Å²) < 4.78 is 29.0. The summed E-state index contributed by atoms with van der Waals surface area (Å²) in [6.45, 7) is 0.630. The van der Waals surface area contributed by atoms with Crippen LogP contribution < -0.4 is 16.2 Å². The molecular weight excluding hydrogens is 424 g/mol. The summed E-state index contributed by atoms with van der Waals surface area (Å²) in [5.41, 5.74) is 8.91. The van der Waals surface area contributed by atoms with Crippen molar-refractivity contribution in [2.24, 2.45) is 11.8 Å². The van der Waals surface area contributed by atoms with Crippen molar-refractivity contribution >= 4 is 5.91 Å². The number of piperidine rings is 1. The van der Waals surface area contributed by atoms with Crippen LogP contribution in [0.1, 0.15) is 42.9 Å². The van der Waals surface area contributed by atoms with Crippen LogP contribution in [0, 0.1) is 11.8 Å². The van der Waals surface area contributed by atoms with Crippen molar-refractivity contribution in [1.29, 1.82) is 0 Å². The highest BCUT2D eigenvalue weighted by atomic mass is 19.3. The van der Waals surface area contributed by atoms with Crippen LogP contribution in [-0.2, 0) is 11.3 Å². The second kappa shape index (κ2) is 9.44. The largest absolute Gasteiger partial charge is 0.352 e. The summed E-state index contributed by atoms with van der Waals surface area (Å²) in [6, 6.07) is 13.5. The minimum Gasteiger partial charge on any atom is -0.352 e. The number of pyridine rings is 1. The molecule has 3 fully saturated rings. The van der Waals surface area contributed by atoms with Gasteiger partial charge in [-0.15, -0.1) is 0 Å². The van der Waals surface area contributed by atoms with E-state index in [1.54, 1.807) is 17.3 Å². The van der Waals surface area contributed by atoms with Crippen LogP contribution in [0.5, 0.6) is 0 Å². The number of nitrogens with one attached hydrogen (secondary N) is 3. The Morgan fingerprint density at radius 2 is 1.91 bits per heavy atom. The Hall–Kier alpha value is -2.42. The molecule has 1 aliphatic carbocycles. The first-order valence-electron chi connectivity index (χ1n) is 11.8. The van der Waals surface area contributed by atoms with E-state index in [2.05, 4.69) is 21.2 Å². The second-order valence-electron chi connectivity index (χ2n) is 9.75. The summed E-state index contributed by atoms with van der Waals surface area (Å²) >= 11 is 0. The van der Waals surface area contributed by atoms with Gasteiger partial charge in [-0.2, -0.15) is 0 Å². The molecule has 2 aromatic rings. The monoisotopic (exact) mass is 455 g/mol. The minimum atomic E-state index is -2.81. The van der Waals surface area contributed by atoms with Crippen molar-refractivity contribution in [3.05, 3.63) is 66.0 Å². The van der Waals surface area contributed by atoms with Crippen LogP contribution in [0.4, 0.5) is 8.78 Å². The molecule has 3 aliphatic rings. The normalized spacial score (nSPS) is 31.6. The molecule has 8 heteroatoms. The number of hydrazine groups is 1. The SMILES string of the molecule is O=C(NC1CN(Cc2ccccc2)CC(F)(F)C1)C1CCC2NNC(c3ccncc3)C2C1. The zero-order valence-electron chi connectivity index (χ0n) is 18.6. The predicted octanol–water partition coefficient (Wildman–Crippen LogP) is 3.04. The Morgan fingerprint density at radius 1 is 1.12 bits per heavy atom. The molecule has 2 saturated heterocycles. The van der Waals surface area contributed by atoms with Crippen LogP contribution in [0.25, 0.3) is 0 Å². The van der Waals surface area contributed by atoms with Crippen LogP contribution in [0.15, 0.2) is 54.9 Å². The van der Waals surface area contributed by atoms with Gasteiger partial charge in [-0.3, -0.25) is 20.1 Å². The van der Waals surface area contributed by atoms with Gasteiger partial charge in [-0.1, -0.05) is 30.3 Å². The van der Waals surface area contributed by atoms with Gasteiger partial charge in [0.25, 0.3) is 5.92 Å². The molecule has 3 heterocycles. The van der Waals surface area contributed by atoms with E-state index in [0.29, 0.717) is 19.1 Å². The highest BCUT2D eigenvalue weighted by Gasteiger charge is 2.44. The van der Waals surface area contributed by atoms with E-state index in [1.165, 1.54) is 0 Å². The molecule has 176 valence electrons. The lowest BCUT2D eigenvalue weighted by atomic mass is 9.74. The van der Waals surface area contributed by atoms with Crippen molar-refractivity contribution in [3.8, 4) is 0 Å². The van der Waals surface area contributed by atoms with E-state index >= 15 is 0 Å². The lowest BCUT2D eigenvalue weighted by molar-refractivity contribution is -0.130. The lowest BCUT2D eigenvalue weighted by Gasteiger charge is -2.39. The van der Waals surface area contributed by atoms with E-state index in [9.17, 15) is 13.6 Å². The zero-order valence-corrected chi connectivity index (χ0v) is 18.6. The first-order chi connectivity index (χ1) is 16.0. The molecule has 0 bridgehead atoms. The number of nitrogens with zero attached hydrogens (tertiary/aromatic N) is 2. The topological polar surface area (TPSA) is 69.3 Å². The fraction of sp³-hybridized carbons (Fsp3) is 0.520. The average Bonchev–Trinajstić information content (AvgIpc) is 3.22. The Bertz CT molecular complexity index is 944. The first kappa shape index (κ1) is 22.4. The lowest BCUT2D eigenvalue weighted by Crippen LogP contribution is -2.56. The average molecular weight is 456 g/mol. The summed E-state index contributed by atoms with van der Waals surface area (Å²) in [5.74, 6) is -2.78. The number of amides is 1. The number of hydrogen-bond acceptors (Lipinski definition) is 5. The molecular formula is C25H31F2N5O. The van der Waals surface area contributed by atoms with Crippen LogP contribution >= 0.6 is 0 Å². The Morgan fingerprint density at radius 3 is 2.70 bits per heavy atom. The fourth-order valence-corrected chi connectivity index (χ4v) is 5.77. The molecule has 3 N–H and O–H groups in total. The smallest absolute Gasteiger partial charge is 0.262 e. The van der Waals surface area contributed by atoms with E-state index in [1.807, 2.05) is 42.5 Å². The van der Waals surface area contributed by atoms with E-state index in [-0.39, 0.29) is 36.8 Å². The summed E-state index contributed by atoms with van der Waals surface area (Å²) in [4.78, 5) is 19.0. The molecule has 1 saturated carbocycles. The number of hydrogen-bond donors (Lipinski definition) is 3. The van der Waals surface area contributed by atoms with Crippen molar-refractivity contribution in [2.45, 2.75) is 56.3 Å². The number of likely N-dealkylation sites (tertiary alicyclic amines) is 1. The van der Waals surface area contributed by atoms with Crippen LogP contribution in [0.3, 0.4) is 0 Å². The van der Waals surface area contributed by atoms with Gasteiger partial charge in [0, 0.05) is 49.9 Å². The van der Waals surface area contributed by atoms with Crippen LogP contribution in [0.2, 0.25) is 0 Å². The molecule has 5 atom stereocenters. The van der Waals surface area contributed by atoms with Gasteiger partial charge in [-0.25, -0.2) is 14.2 Å². The van der Waals surface area contributed by atoms with Gasteiger partial charge < -0.3 is 5.32 Å². The minimum absolute atomic E-state index is 0.0869. The Balaban J connectivity index is 1.21. The maximum Gasteiger partial charge on any atom is 0.262 e. The van der Waals surface area contributed by atoms with E-state index < -0.39 is 12.0 Å². The molecule has 33 heavy (non-hydrogen) atoms. The third kappa shape index (κ3) is 5.23. The number of carbonyl (C=O) groups is 1. The Kier molecular flexibility index (Phi) is 6.40. The molecule has 1 aromatic heterocycles. The second-order valence-corrected chi connectivity index (χ2v) is 9.75. The van der Waals surface area contributed by atoms with Gasteiger partial charge in [-0.05, 0) is 48.4 Å². The zero-order chi connectivity index (χ0) is 22.8. The molecule has 5 unspecified atom stereocenters. The van der Waals surface area contributed by atoms with Gasteiger partial charge in [0.05, 0.1) is 12.6 Å². The van der Waals surface area contributed by atoms with E-state index in [0.717, 1.165) is 30.4 Å². The molecule has 6 nitrogen and oxygen atoms in total. The summed E-state index contributed by atoms with van der Waals surface area (Å²) in [7, 11) is 0. The highest BCUT2D eigenvalue weighted by molar-refractivity contribution is 5.79. The molecule has 1 amide bonds. The Labute approximate surface area is 193 Å². The maximum atomic E-state index is 14.5. The quantitative estimate of drug-likeness (QED) is 0.647. The standard InChI is InChI=1S/C25H31F2N5O/c26-25(27)13-20(15-32(16-25)14-17-4-2-1-3-5-17)29-24(33)19-6-7-22-21(12-19)23(31-30-22)18-8-10-28-11-9-18/h1-5,8-11,19-23,30-31H,6-7,12-16H2,(H,29,33). The third-order valence-electron chi connectivity index (χ3n) is 7.26. The molecule has 1 aromatic carbocycles. The maximum absolute atomic E-state index is 14.5. The molecule has 5 rings (SSSR count). The first-order valence-corrected chi connectivity index (χ1v) is 11.8. The number of halogens is 2. The molecule has 0 radical (unpaired) electrons. The van der Waals surface area contributed by atoms with Gasteiger partial charge >= 0.3 is 0 Å². The van der Waals surface area contributed by atoms with Crippen molar-refractivity contribution in [3.63, 3.8) is 0 Å². The number of aromatic nitrogens is 1. The summed E-state index contributed by atoms with van der Waals surface area (Å²) in [5, 5.41) is 2.98. The van der Waals surface area contributed by atoms with Gasteiger partial charge in [0.15, 0.2) is 0 Å². The third-order valence-corrected chi connectivity index (χ3v) is 7.26. The number of alkyl halides is 2. The summed E-state index contributed by atoms with van der Waals surface area (Å²) in [6.07, 6.45) is 5.65. The van der Waals surface area contributed by atoms with Crippen molar-refractivity contribution in [1.82, 2.24) is 26.1 Å². The highest BCUT2D eigenvalue weighted by Crippen LogP contribution is 2.40. The number of rotatable bonds is 5. The van der Waals surface area contributed by atoms with E-state index in [4.69, 9.17) is 0 Å². The van der Waals surface area contributed by atoms with Crippen molar-refractivity contribution in [2.75, 3.05) is 13.1 Å². The van der Waals surface area contributed by atoms with Crippen LogP contribution in [-0.4, -0.2) is 46.9 Å². The fourth-order valence-electron chi connectivity index (χ4n) is 5.77. The van der Waals surface area contributed by atoms with Gasteiger partial charge in [0.1, 0.15) is 0 Å². The number of benzene rings is 1. The van der Waals surface area contributed by atoms with Crippen molar-refractivity contribution < 1.29 is 13.6 Å². The number of carbonyl (C=O) groups excluding carboxylic acids is 1. The molecule has 2 aliphatic heterocycles. The predicted molar refractivity (Wildman–Crippen MR) is 121 cm³/mol.